The van der Waals surface area contributed by atoms with Crippen LogP contribution in [0, 0.1) is 0 Å². The summed E-state index contributed by atoms with van der Waals surface area (Å²) in [5, 5.41) is 0. The molecule has 0 aliphatic heterocycles. The third kappa shape index (κ3) is 3.66. The lowest BCUT2D eigenvalue weighted by atomic mass is 10.2. The van der Waals surface area contributed by atoms with E-state index in [0.29, 0.717) is 0 Å². The molecule has 1 aromatic carbocycles. The SMILES string of the molecule is O=S(=O)([SiH3])OCc1ccccc1. The standard InChI is InChI=1S/C7H10O3SSi/c8-11(9,12)10-6-7-4-2-1-3-5-7/h1-5H,6H2,12H3. The first-order valence-electron chi connectivity index (χ1n) is 3.46. The Bertz CT molecular complexity index is 333. The molecule has 0 atom stereocenters. The van der Waals surface area contributed by atoms with E-state index in [1.807, 2.05) is 30.3 Å². The summed E-state index contributed by atoms with van der Waals surface area (Å²) in [5.41, 5.74) is 0.872. The molecule has 0 aromatic heterocycles. The molecule has 0 unspecified atom stereocenters. The van der Waals surface area contributed by atoms with Crippen LogP contribution in [-0.2, 0) is 20.4 Å². The predicted octanol–water partition coefficient (Wildman–Crippen LogP) is -0.187. The van der Waals surface area contributed by atoms with Gasteiger partial charge in [-0.1, -0.05) is 30.3 Å². The van der Waals surface area contributed by atoms with Crippen molar-refractivity contribution in [3.8, 4) is 0 Å². The number of hydrogen-bond acceptors (Lipinski definition) is 3. The van der Waals surface area contributed by atoms with E-state index < -0.39 is 9.57 Å². The second-order valence-electron chi connectivity index (χ2n) is 2.45. The lowest BCUT2D eigenvalue weighted by Crippen LogP contribution is -2.03. The Morgan fingerprint density at radius 2 is 1.83 bits per heavy atom. The topological polar surface area (TPSA) is 43.4 Å². The first kappa shape index (κ1) is 9.44. The second kappa shape index (κ2) is 3.84. The highest BCUT2D eigenvalue weighted by Crippen LogP contribution is 2.01. The van der Waals surface area contributed by atoms with Crippen LogP contribution in [0.15, 0.2) is 30.3 Å². The summed E-state index contributed by atoms with van der Waals surface area (Å²) in [5.74, 6) is 0. The van der Waals surface area contributed by atoms with Crippen molar-refractivity contribution >= 4 is 19.0 Å². The summed E-state index contributed by atoms with van der Waals surface area (Å²) >= 11 is 0. The van der Waals surface area contributed by atoms with Gasteiger partial charge in [0.2, 0.25) is 9.57 Å². The van der Waals surface area contributed by atoms with Crippen LogP contribution in [0.3, 0.4) is 0 Å². The Morgan fingerprint density at radius 3 is 2.33 bits per heavy atom. The largest absolute Gasteiger partial charge is 0.272 e. The van der Waals surface area contributed by atoms with Gasteiger partial charge in [-0.25, -0.2) is 8.42 Å². The smallest absolute Gasteiger partial charge is 0.220 e. The minimum Gasteiger partial charge on any atom is -0.272 e. The highest BCUT2D eigenvalue weighted by Gasteiger charge is 2.00. The fraction of sp³-hybridized carbons (Fsp3) is 0.143. The van der Waals surface area contributed by atoms with Crippen LogP contribution in [0.4, 0.5) is 0 Å². The van der Waals surface area contributed by atoms with E-state index in [1.165, 1.54) is 0 Å². The zero-order chi connectivity index (χ0) is 9.03. The third-order valence-electron chi connectivity index (χ3n) is 1.28. The van der Waals surface area contributed by atoms with E-state index in [4.69, 9.17) is 0 Å². The molecule has 0 bridgehead atoms. The van der Waals surface area contributed by atoms with Crippen molar-refractivity contribution in [2.75, 3.05) is 0 Å². The lowest BCUT2D eigenvalue weighted by molar-refractivity contribution is 0.318. The number of benzene rings is 1. The Labute approximate surface area is 74.6 Å². The average molecular weight is 202 g/mol. The van der Waals surface area contributed by atoms with Crippen LogP contribution in [0.5, 0.6) is 0 Å². The van der Waals surface area contributed by atoms with Crippen molar-refractivity contribution in [2.24, 2.45) is 0 Å². The van der Waals surface area contributed by atoms with Gasteiger partial charge >= 0.3 is 0 Å². The summed E-state index contributed by atoms with van der Waals surface area (Å²) in [7, 11) is -3.14. The molecule has 1 rings (SSSR count). The summed E-state index contributed by atoms with van der Waals surface area (Å²) in [6, 6.07) is 9.22. The fourth-order valence-electron chi connectivity index (χ4n) is 0.749. The van der Waals surface area contributed by atoms with Crippen LogP contribution in [-0.4, -0.2) is 17.8 Å². The molecule has 0 aliphatic rings. The molecule has 0 radical (unpaired) electrons. The molecule has 5 heteroatoms. The quantitative estimate of drug-likeness (QED) is 0.638. The first-order chi connectivity index (χ1) is 5.58. The van der Waals surface area contributed by atoms with Gasteiger partial charge in [-0.05, 0) is 5.56 Å². The van der Waals surface area contributed by atoms with Gasteiger partial charge in [0.15, 0.2) is 9.39 Å². The van der Waals surface area contributed by atoms with Crippen molar-refractivity contribution in [1.82, 2.24) is 0 Å². The van der Waals surface area contributed by atoms with Gasteiger partial charge in [-0.2, -0.15) is 0 Å². The summed E-state index contributed by atoms with van der Waals surface area (Å²) in [4.78, 5) is 0. The average Bonchev–Trinajstić information content (AvgIpc) is 2.02. The predicted molar refractivity (Wildman–Crippen MR) is 50.1 cm³/mol. The van der Waals surface area contributed by atoms with Crippen LogP contribution >= 0.6 is 0 Å². The molecule has 12 heavy (non-hydrogen) atoms. The normalized spacial score (nSPS) is 11.7. The van der Waals surface area contributed by atoms with Crippen LogP contribution in [0.1, 0.15) is 5.56 Å². The van der Waals surface area contributed by atoms with Gasteiger partial charge in [-0.3, -0.25) is 4.18 Å². The molecule has 1 aromatic rings. The zero-order valence-electron chi connectivity index (χ0n) is 6.73. The van der Waals surface area contributed by atoms with Crippen molar-refractivity contribution < 1.29 is 12.6 Å². The minimum absolute atomic E-state index is 0.0388. The molecule has 66 valence electrons. The Kier molecular flexibility index (Phi) is 3.02. The number of rotatable bonds is 3. The molecule has 0 saturated heterocycles. The summed E-state index contributed by atoms with van der Waals surface area (Å²) in [6.07, 6.45) is 0. The van der Waals surface area contributed by atoms with Gasteiger partial charge in [0.1, 0.15) is 0 Å². The van der Waals surface area contributed by atoms with Crippen LogP contribution in [0.25, 0.3) is 0 Å². The molecule has 0 amide bonds. The molecule has 0 fully saturated rings. The molecule has 0 N–H and O–H groups in total. The van der Waals surface area contributed by atoms with Crippen molar-refractivity contribution in [3.05, 3.63) is 35.9 Å². The Balaban J connectivity index is 2.56. The highest BCUT2D eigenvalue weighted by atomic mass is 32.4. The van der Waals surface area contributed by atoms with E-state index in [2.05, 4.69) is 4.18 Å². The van der Waals surface area contributed by atoms with Crippen LogP contribution in [0.2, 0.25) is 0 Å². The molecular weight excluding hydrogens is 192 g/mol. The van der Waals surface area contributed by atoms with E-state index in [0.717, 1.165) is 5.56 Å². The fourth-order valence-corrected chi connectivity index (χ4v) is 1.45. The molecule has 0 aliphatic carbocycles. The van der Waals surface area contributed by atoms with Crippen molar-refractivity contribution in [3.63, 3.8) is 0 Å². The van der Waals surface area contributed by atoms with Gasteiger partial charge in [0.25, 0.3) is 0 Å². The molecule has 0 spiro atoms. The monoisotopic (exact) mass is 202 g/mol. The molecule has 3 nitrogen and oxygen atoms in total. The van der Waals surface area contributed by atoms with Crippen molar-refractivity contribution in [1.29, 1.82) is 0 Å². The van der Waals surface area contributed by atoms with Crippen LogP contribution < -0.4 is 0 Å². The minimum atomic E-state index is -3.18. The summed E-state index contributed by atoms with van der Waals surface area (Å²) in [6.45, 7) is 0.146. The summed E-state index contributed by atoms with van der Waals surface area (Å²) < 4.78 is 25.9. The number of hydrogen-bond donors (Lipinski definition) is 0. The molecular formula is C7H10O3SSi. The third-order valence-corrected chi connectivity index (χ3v) is 2.54. The van der Waals surface area contributed by atoms with Gasteiger partial charge in [-0.15, -0.1) is 0 Å². The maximum atomic E-state index is 10.6. The Morgan fingerprint density at radius 1 is 1.25 bits per heavy atom. The Hall–Kier alpha value is -0.653. The van der Waals surface area contributed by atoms with E-state index >= 15 is 0 Å². The van der Waals surface area contributed by atoms with Gasteiger partial charge in [0.05, 0.1) is 6.61 Å². The first-order valence-corrected chi connectivity index (χ1v) is 7.73. The maximum Gasteiger partial charge on any atom is 0.220 e. The molecule has 0 saturated carbocycles. The van der Waals surface area contributed by atoms with Gasteiger partial charge < -0.3 is 0 Å². The van der Waals surface area contributed by atoms with E-state index in [1.54, 1.807) is 0 Å². The van der Waals surface area contributed by atoms with Gasteiger partial charge in [0, 0.05) is 0 Å². The second-order valence-corrected chi connectivity index (χ2v) is 7.10. The van der Waals surface area contributed by atoms with E-state index in [-0.39, 0.29) is 16.0 Å². The zero-order valence-corrected chi connectivity index (χ0v) is 9.54. The molecule has 0 heterocycles. The van der Waals surface area contributed by atoms with E-state index in [9.17, 15) is 8.42 Å². The maximum absolute atomic E-state index is 10.6. The van der Waals surface area contributed by atoms with Crippen molar-refractivity contribution in [2.45, 2.75) is 6.61 Å². The highest BCUT2D eigenvalue weighted by molar-refractivity contribution is 8.08. The lowest BCUT2D eigenvalue weighted by Gasteiger charge is -2.00.